The smallest absolute Gasteiger partial charge is 0.225 e. The fraction of sp³-hybridized carbons (Fsp3) is 0.867. The number of nitrogens with one attached hydrogen (secondary N) is 1. The normalized spacial score (nSPS) is 23.4. The van der Waals surface area contributed by atoms with Crippen LogP contribution in [0.5, 0.6) is 0 Å². The number of nitrogens with zero attached hydrogens (tertiary/aromatic N) is 1. The van der Waals surface area contributed by atoms with Gasteiger partial charge in [-0.3, -0.25) is 9.59 Å². The molecule has 2 amide bonds. The SMILES string of the molecule is CNC(=O)C1CCN(C(=O)CC2(O)CCCCC2)CC1. The molecule has 0 aromatic rings. The number of aliphatic hydroxyl groups is 1. The Morgan fingerprint density at radius 3 is 2.35 bits per heavy atom. The van der Waals surface area contributed by atoms with Crippen LogP contribution in [-0.4, -0.2) is 47.6 Å². The zero-order valence-corrected chi connectivity index (χ0v) is 12.4. The van der Waals surface area contributed by atoms with E-state index < -0.39 is 5.60 Å². The van der Waals surface area contributed by atoms with Gasteiger partial charge in [-0.15, -0.1) is 0 Å². The lowest BCUT2D eigenvalue weighted by Gasteiger charge is -2.36. The number of likely N-dealkylation sites (tertiary alicyclic amines) is 1. The average molecular weight is 282 g/mol. The Balaban J connectivity index is 1.81. The summed E-state index contributed by atoms with van der Waals surface area (Å²) in [4.78, 5) is 25.7. The van der Waals surface area contributed by atoms with E-state index in [9.17, 15) is 14.7 Å². The number of carbonyl (C=O) groups excluding carboxylic acids is 2. The second kappa shape index (κ2) is 6.57. The largest absolute Gasteiger partial charge is 0.389 e. The lowest BCUT2D eigenvalue weighted by molar-refractivity contribution is -0.141. The first-order chi connectivity index (χ1) is 9.54. The van der Waals surface area contributed by atoms with Crippen LogP contribution < -0.4 is 5.32 Å². The summed E-state index contributed by atoms with van der Waals surface area (Å²) in [5.41, 5.74) is -0.785. The second-order valence-corrected chi connectivity index (χ2v) is 6.23. The van der Waals surface area contributed by atoms with Crippen molar-refractivity contribution >= 4 is 11.8 Å². The summed E-state index contributed by atoms with van der Waals surface area (Å²) in [5.74, 6) is 0.148. The molecule has 1 aliphatic heterocycles. The minimum Gasteiger partial charge on any atom is -0.389 e. The van der Waals surface area contributed by atoms with Gasteiger partial charge >= 0.3 is 0 Å². The molecule has 2 N–H and O–H groups in total. The fourth-order valence-electron chi connectivity index (χ4n) is 3.38. The highest BCUT2D eigenvalue weighted by Gasteiger charge is 2.34. The summed E-state index contributed by atoms with van der Waals surface area (Å²) in [6, 6.07) is 0. The Kier molecular flexibility index (Phi) is 5.02. The van der Waals surface area contributed by atoms with Crippen LogP contribution in [-0.2, 0) is 9.59 Å². The summed E-state index contributed by atoms with van der Waals surface area (Å²) in [6.45, 7) is 1.26. The lowest BCUT2D eigenvalue weighted by Crippen LogP contribution is -2.45. The van der Waals surface area contributed by atoms with Gasteiger partial charge in [0, 0.05) is 26.1 Å². The molecule has 2 rings (SSSR count). The molecule has 2 fully saturated rings. The number of hydrogen-bond acceptors (Lipinski definition) is 3. The van der Waals surface area contributed by atoms with Gasteiger partial charge < -0.3 is 15.3 Å². The summed E-state index contributed by atoms with van der Waals surface area (Å²) >= 11 is 0. The average Bonchev–Trinajstić information content (AvgIpc) is 2.47. The number of carbonyl (C=O) groups is 2. The topological polar surface area (TPSA) is 69.6 Å². The van der Waals surface area contributed by atoms with Crippen LogP contribution in [0.3, 0.4) is 0 Å². The molecule has 1 saturated heterocycles. The van der Waals surface area contributed by atoms with Gasteiger partial charge in [-0.25, -0.2) is 0 Å². The van der Waals surface area contributed by atoms with E-state index in [2.05, 4.69) is 5.32 Å². The van der Waals surface area contributed by atoms with Crippen LogP contribution in [0.15, 0.2) is 0 Å². The Morgan fingerprint density at radius 2 is 1.80 bits per heavy atom. The number of amides is 2. The zero-order chi connectivity index (χ0) is 14.6. The molecule has 0 atom stereocenters. The van der Waals surface area contributed by atoms with Gasteiger partial charge in [-0.2, -0.15) is 0 Å². The van der Waals surface area contributed by atoms with Gasteiger partial charge in [0.15, 0.2) is 0 Å². The lowest BCUT2D eigenvalue weighted by atomic mass is 9.82. The van der Waals surface area contributed by atoms with E-state index >= 15 is 0 Å². The van der Waals surface area contributed by atoms with E-state index in [0.29, 0.717) is 13.1 Å². The molecule has 0 unspecified atom stereocenters. The van der Waals surface area contributed by atoms with E-state index in [1.54, 1.807) is 7.05 Å². The molecule has 0 spiro atoms. The molecular weight excluding hydrogens is 256 g/mol. The molecule has 1 saturated carbocycles. The van der Waals surface area contributed by atoms with Crippen molar-refractivity contribution in [1.29, 1.82) is 0 Å². The van der Waals surface area contributed by atoms with Crippen molar-refractivity contribution in [2.24, 2.45) is 5.92 Å². The first-order valence-electron chi connectivity index (χ1n) is 7.76. The van der Waals surface area contributed by atoms with Crippen molar-refractivity contribution in [3.63, 3.8) is 0 Å². The van der Waals surface area contributed by atoms with Crippen molar-refractivity contribution in [2.45, 2.75) is 57.0 Å². The van der Waals surface area contributed by atoms with Gasteiger partial charge in [0.1, 0.15) is 0 Å². The molecule has 5 nitrogen and oxygen atoms in total. The molecule has 0 aromatic carbocycles. The van der Waals surface area contributed by atoms with Crippen molar-refractivity contribution in [1.82, 2.24) is 10.2 Å². The van der Waals surface area contributed by atoms with Gasteiger partial charge in [0.05, 0.1) is 12.0 Å². The molecule has 0 radical (unpaired) electrons. The fourth-order valence-corrected chi connectivity index (χ4v) is 3.38. The Bertz CT molecular complexity index is 356. The minimum atomic E-state index is -0.785. The molecule has 1 heterocycles. The standard InChI is InChI=1S/C15H26N2O3/c1-16-14(19)12-5-9-17(10-6-12)13(18)11-15(20)7-3-2-4-8-15/h12,20H,2-11H2,1H3,(H,16,19). The predicted octanol–water partition coefficient (Wildman–Crippen LogP) is 1.06. The third-order valence-electron chi connectivity index (χ3n) is 4.73. The van der Waals surface area contributed by atoms with Crippen molar-refractivity contribution < 1.29 is 14.7 Å². The summed E-state index contributed by atoms with van der Waals surface area (Å²) in [6.07, 6.45) is 6.38. The van der Waals surface area contributed by atoms with Gasteiger partial charge in [0.25, 0.3) is 0 Å². The van der Waals surface area contributed by atoms with Crippen LogP contribution in [0, 0.1) is 5.92 Å². The van der Waals surface area contributed by atoms with Crippen molar-refractivity contribution in [2.75, 3.05) is 20.1 Å². The molecule has 1 aliphatic carbocycles. The molecular formula is C15H26N2O3. The first-order valence-corrected chi connectivity index (χ1v) is 7.76. The maximum absolute atomic E-state index is 12.3. The van der Waals surface area contributed by atoms with Gasteiger partial charge in [0.2, 0.25) is 11.8 Å². The molecule has 0 bridgehead atoms. The summed E-state index contributed by atoms with van der Waals surface area (Å²) in [7, 11) is 1.65. The Labute approximate surface area is 120 Å². The van der Waals surface area contributed by atoms with Gasteiger partial charge in [-0.1, -0.05) is 19.3 Å². The van der Waals surface area contributed by atoms with Crippen molar-refractivity contribution in [3.8, 4) is 0 Å². The molecule has 20 heavy (non-hydrogen) atoms. The van der Waals surface area contributed by atoms with Crippen LogP contribution in [0.25, 0.3) is 0 Å². The monoisotopic (exact) mass is 282 g/mol. The van der Waals surface area contributed by atoms with Crippen LogP contribution in [0.2, 0.25) is 0 Å². The quantitative estimate of drug-likeness (QED) is 0.813. The van der Waals surface area contributed by atoms with E-state index in [1.165, 1.54) is 0 Å². The first kappa shape index (κ1) is 15.3. The van der Waals surface area contributed by atoms with Crippen LogP contribution >= 0.6 is 0 Å². The summed E-state index contributed by atoms with van der Waals surface area (Å²) < 4.78 is 0. The van der Waals surface area contributed by atoms with Crippen LogP contribution in [0.1, 0.15) is 51.4 Å². The molecule has 2 aliphatic rings. The number of hydrogen-bond donors (Lipinski definition) is 2. The van der Waals surface area contributed by atoms with Crippen molar-refractivity contribution in [3.05, 3.63) is 0 Å². The highest BCUT2D eigenvalue weighted by Crippen LogP contribution is 2.31. The van der Waals surface area contributed by atoms with Gasteiger partial charge in [-0.05, 0) is 25.7 Å². The van der Waals surface area contributed by atoms with E-state index in [0.717, 1.165) is 44.9 Å². The molecule has 0 aromatic heterocycles. The Morgan fingerprint density at radius 1 is 1.20 bits per heavy atom. The highest BCUT2D eigenvalue weighted by molar-refractivity contribution is 5.80. The number of piperidine rings is 1. The molecule has 5 heteroatoms. The summed E-state index contributed by atoms with van der Waals surface area (Å²) in [5, 5.41) is 13.1. The number of rotatable bonds is 3. The predicted molar refractivity (Wildman–Crippen MR) is 76.0 cm³/mol. The van der Waals surface area contributed by atoms with Crippen LogP contribution in [0.4, 0.5) is 0 Å². The van der Waals surface area contributed by atoms with E-state index in [-0.39, 0.29) is 24.2 Å². The maximum Gasteiger partial charge on any atom is 0.225 e. The van der Waals surface area contributed by atoms with E-state index in [1.807, 2.05) is 4.90 Å². The maximum atomic E-state index is 12.3. The third-order valence-corrected chi connectivity index (χ3v) is 4.73. The second-order valence-electron chi connectivity index (χ2n) is 6.23. The third kappa shape index (κ3) is 3.72. The zero-order valence-electron chi connectivity index (χ0n) is 12.4. The Hall–Kier alpha value is -1.10. The molecule has 114 valence electrons. The highest BCUT2D eigenvalue weighted by atomic mass is 16.3. The van der Waals surface area contributed by atoms with E-state index in [4.69, 9.17) is 0 Å². The minimum absolute atomic E-state index is 0.0295.